The van der Waals surface area contributed by atoms with Crippen molar-refractivity contribution in [3.05, 3.63) is 47.5 Å². The summed E-state index contributed by atoms with van der Waals surface area (Å²) in [5.74, 6) is 0.991. The van der Waals surface area contributed by atoms with Crippen LogP contribution >= 0.6 is 11.6 Å². The van der Waals surface area contributed by atoms with Crippen molar-refractivity contribution in [2.45, 2.75) is 13.0 Å². The van der Waals surface area contributed by atoms with Gasteiger partial charge in [0.1, 0.15) is 6.61 Å². The van der Waals surface area contributed by atoms with E-state index in [1.54, 1.807) is 12.1 Å². The van der Waals surface area contributed by atoms with Crippen LogP contribution in [0.5, 0.6) is 11.5 Å². The van der Waals surface area contributed by atoms with Crippen LogP contribution in [0.15, 0.2) is 42.5 Å². The molecule has 0 aromatic heterocycles. The van der Waals surface area contributed by atoms with Crippen LogP contribution in [-0.2, 0) is 4.79 Å². The number of fused-ring (bicyclic) bond motifs is 1. The summed E-state index contributed by atoms with van der Waals surface area (Å²) < 4.78 is 11.5. The highest BCUT2D eigenvalue weighted by Gasteiger charge is 2.28. The monoisotopic (exact) mass is 401 g/mol. The smallest absolute Gasteiger partial charge is 0.269 e. The van der Waals surface area contributed by atoms with Gasteiger partial charge < -0.3 is 24.6 Å². The Morgan fingerprint density at radius 3 is 2.64 bits per heavy atom. The zero-order valence-electron chi connectivity index (χ0n) is 15.9. The number of hydrogen-bond acceptors (Lipinski definition) is 5. The molecule has 2 heterocycles. The van der Waals surface area contributed by atoms with Crippen LogP contribution in [0, 0.1) is 0 Å². The van der Waals surface area contributed by atoms with E-state index >= 15 is 0 Å². The van der Waals surface area contributed by atoms with Gasteiger partial charge in [0.25, 0.3) is 5.91 Å². The maximum Gasteiger partial charge on any atom is 0.269 e. The first-order chi connectivity index (χ1) is 13.6. The van der Waals surface area contributed by atoms with Gasteiger partial charge in [-0.05, 0) is 36.9 Å². The molecule has 7 heteroatoms. The number of ether oxygens (including phenoxy) is 2. The number of hydrogen-bond donors (Lipinski definition) is 1. The third kappa shape index (κ3) is 4.03. The first kappa shape index (κ1) is 18.9. The molecule has 6 nitrogen and oxygen atoms in total. The zero-order valence-corrected chi connectivity index (χ0v) is 16.6. The lowest BCUT2D eigenvalue weighted by Crippen LogP contribution is -2.46. The predicted molar refractivity (Wildman–Crippen MR) is 111 cm³/mol. The Morgan fingerprint density at radius 2 is 1.89 bits per heavy atom. The van der Waals surface area contributed by atoms with E-state index < -0.39 is 6.10 Å². The van der Waals surface area contributed by atoms with Crippen LogP contribution in [0.2, 0.25) is 5.02 Å². The lowest BCUT2D eigenvalue weighted by atomic mass is 10.2. The number of amides is 1. The van der Waals surface area contributed by atoms with Gasteiger partial charge in [-0.25, -0.2) is 0 Å². The van der Waals surface area contributed by atoms with Crippen LogP contribution in [0.1, 0.15) is 6.92 Å². The Hall–Kier alpha value is -2.44. The summed E-state index contributed by atoms with van der Waals surface area (Å²) in [6, 6.07) is 13.0. The molecule has 1 N–H and O–H groups in total. The first-order valence-electron chi connectivity index (χ1n) is 9.60. The van der Waals surface area contributed by atoms with Crippen LogP contribution in [-0.4, -0.2) is 56.2 Å². The SMILES string of the molecule is CCN1CCN(c2ccc(Cl)cc2NC(=O)[C@@H]2COc3ccccc3O2)CC1. The van der Waals surface area contributed by atoms with Crippen molar-refractivity contribution in [3.8, 4) is 11.5 Å². The highest BCUT2D eigenvalue weighted by Crippen LogP contribution is 2.33. The normalized spacial score (nSPS) is 19.4. The number of carbonyl (C=O) groups is 1. The van der Waals surface area contributed by atoms with Crippen LogP contribution in [0.4, 0.5) is 11.4 Å². The molecule has 2 aromatic rings. The van der Waals surface area contributed by atoms with E-state index in [0.29, 0.717) is 22.2 Å². The molecule has 1 saturated heterocycles. The Morgan fingerprint density at radius 1 is 1.14 bits per heavy atom. The van der Waals surface area contributed by atoms with E-state index in [-0.39, 0.29) is 12.5 Å². The second-order valence-corrected chi connectivity index (χ2v) is 7.37. The van der Waals surface area contributed by atoms with Crippen molar-refractivity contribution in [2.75, 3.05) is 49.5 Å². The highest BCUT2D eigenvalue weighted by atomic mass is 35.5. The van der Waals surface area contributed by atoms with Gasteiger partial charge in [-0.2, -0.15) is 0 Å². The molecule has 148 valence electrons. The molecule has 0 radical (unpaired) electrons. The van der Waals surface area contributed by atoms with Crippen molar-refractivity contribution in [1.82, 2.24) is 4.90 Å². The Bertz CT molecular complexity index is 853. The van der Waals surface area contributed by atoms with Gasteiger partial charge in [0.15, 0.2) is 11.5 Å². The van der Waals surface area contributed by atoms with E-state index in [4.69, 9.17) is 21.1 Å². The molecule has 1 atom stereocenters. The van der Waals surface area contributed by atoms with Gasteiger partial charge >= 0.3 is 0 Å². The Labute approximate surface area is 170 Å². The molecular weight excluding hydrogens is 378 g/mol. The number of likely N-dealkylation sites (N-methyl/N-ethyl adjacent to an activating group) is 1. The molecule has 0 bridgehead atoms. The fourth-order valence-corrected chi connectivity index (χ4v) is 3.72. The van der Waals surface area contributed by atoms with Gasteiger partial charge in [-0.3, -0.25) is 4.79 Å². The van der Waals surface area contributed by atoms with Crippen molar-refractivity contribution in [1.29, 1.82) is 0 Å². The number of nitrogens with one attached hydrogen (secondary N) is 1. The quantitative estimate of drug-likeness (QED) is 0.852. The van der Waals surface area contributed by atoms with Crippen molar-refractivity contribution < 1.29 is 14.3 Å². The number of piperazine rings is 1. The zero-order chi connectivity index (χ0) is 19.5. The maximum atomic E-state index is 12.8. The number of halogens is 1. The topological polar surface area (TPSA) is 54.0 Å². The van der Waals surface area contributed by atoms with Gasteiger partial charge in [0, 0.05) is 31.2 Å². The molecule has 28 heavy (non-hydrogen) atoms. The van der Waals surface area contributed by atoms with Crippen molar-refractivity contribution >= 4 is 28.9 Å². The Balaban J connectivity index is 1.48. The molecule has 4 rings (SSSR count). The second-order valence-electron chi connectivity index (χ2n) is 6.94. The minimum atomic E-state index is -0.710. The number of carbonyl (C=O) groups excluding carboxylic acids is 1. The number of benzene rings is 2. The van der Waals surface area contributed by atoms with Gasteiger partial charge in [0.2, 0.25) is 6.10 Å². The van der Waals surface area contributed by atoms with E-state index in [0.717, 1.165) is 38.4 Å². The summed E-state index contributed by atoms with van der Waals surface area (Å²) in [5, 5.41) is 3.57. The fraction of sp³-hybridized carbons (Fsp3) is 0.381. The Kier molecular flexibility index (Phi) is 5.59. The molecule has 2 aliphatic rings. The number of anilines is 2. The number of nitrogens with zero attached hydrogens (tertiary/aromatic N) is 2. The van der Waals surface area contributed by atoms with E-state index in [1.807, 2.05) is 30.3 Å². The average molecular weight is 402 g/mol. The molecule has 1 fully saturated rings. The van der Waals surface area contributed by atoms with Crippen LogP contribution in [0.25, 0.3) is 0 Å². The lowest BCUT2D eigenvalue weighted by molar-refractivity contribution is -0.125. The van der Waals surface area contributed by atoms with Crippen molar-refractivity contribution in [3.63, 3.8) is 0 Å². The van der Waals surface area contributed by atoms with Gasteiger partial charge in [-0.15, -0.1) is 0 Å². The largest absolute Gasteiger partial charge is 0.485 e. The summed E-state index contributed by atoms with van der Waals surface area (Å²) in [6.07, 6.45) is -0.710. The highest BCUT2D eigenvalue weighted by molar-refractivity contribution is 6.31. The van der Waals surface area contributed by atoms with Crippen LogP contribution in [0.3, 0.4) is 0 Å². The third-order valence-corrected chi connectivity index (χ3v) is 5.41. The number of rotatable bonds is 4. The molecule has 0 saturated carbocycles. The van der Waals surface area contributed by atoms with Crippen LogP contribution < -0.4 is 19.7 Å². The molecule has 2 aromatic carbocycles. The molecular formula is C21H24ClN3O3. The lowest BCUT2D eigenvalue weighted by Gasteiger charge is -2.36. The standard InChI is InChI=1S/C21H24ClN3O3/c1-2-24-9-11-25(12-10-24)17-8-7-15(22)13-16(17)23-21(26)20-14-27-18-5-3-4-6-19(18)28-20/h3-8,13,20H,2,9-12,14H2,1H3,(H,23,26)/t20-/m0/s1. The average Bonchev–Trinajstić information content (AvgIpc) is 2.73. The van der Waals surface area contributed by atoms with Gasteiger partial charge in [0.05, 0.1) is 11.4 Å². The molecule has 0 aliphatic carbocycles. The summed E-state index contributed by atoms with van der Waals surface area (Å²) in [7, 11) is 0. The summed E-state index contributed by atoms with van der Waals surface area (Å²) >= 11 is 6.20. The van der Waals surface area contributed by atoms with E-state index in [9.17, 15) is 4.79 Å². The van der Waals surface area contributed by atoms with Gasteiger partial charge in [-0.1, -0.05) is 30.7 Å². The summed E-state index contributed by atoms with van der Waals surface area (Å²) in [6.45, 7) is 7.23. The summed E-state index contributed by atoms with van der Waals surface area (Å²) in [4.78, 5) is 17.5. The summed E-state index contributed by atoms with van der Waals surface area (Å²) in [5.41, 5.74) is 1.68. The first-order valence-corrected chi connectivity index (χ1v) is 9.98. The molecule has 0 spiro atoms. The molecule has 2 aliphatic heterocycles. The third-order valence-electron chi connectivity index (χ3n) is 5.18. The minimum Gasteiger partial charge on any atom is -0.485 e. The predicted octanol–water partition coefficient (Wildman–Crippen LogP) is 3.26. The van der Waals surface area contributed by atoms with Crippen molar-refractivity contribution in [2.24, 2.45) is 0 Å². The molecule has 0 unspecified atom stereocenters. The fourth-order valence-electron chi connectivity index (χ4n) is 3.55. The second kappa shape index (κ2) is 8.29. The van der Waals surface area contributed by atoms with E-state index in [1.165, 1.54) is 0 Å². The number of para-hydroxylation sites is 2. The van der Waals surface area contributed by atoms with E-state index in [2.05, 4.69) is 22.0 Å². The minimum absolute atomic E-state index is 0.175. The maximum absolute atomic E-state index is 12.8. The molecule has 1 amide bonds.